The minimum atomic E-state index is -3.34. The van der Waals surface area contributed by atoms with E-state index in [1.807, 2.05) is 0 Å². The first-order chi connectivity index (χ1) is 6.06. The van der Waals surface area contributed by atoms with Crippen LogP contribution in [0, 0.1) is 0 Å². The van der Waals surface area contributed by atoms with Crippen molar-refractivity contribution >= 4 is 10.2 Å². The van der Waals surface area contributed by atoms with Gasteiger partial charge < -0.3 is 5.11 Å². The molecule has 0 aromatic rings. The van der Waals surface area contributed by atoms with Crippen LogP contribution in [-0.4, -0.2) is 43.6 Å². The smallest absolute Gasteiger partial charge is 0.279 e. The molecule has 0 radical (unpaired) electrons. The van der Waals surface area contributed by atoms with Gasteiger partial charge in [0.25, 0.3) is 10.2 Å². The molecule has 0 aromatic carbocycles. The number of hydrogen-bond acceptors (Lipinski definition) is 3. The highest BCUT2D eigenvalue weighted by atomic mass is 32.2. The van der Waals surface area contributed by atoms with Gasteiger partial charge in [-0.2, -0.15) is 12.7 Å². The average molecular weight is 208 g/mol. The van der Waals surface area contributed by atoms with Gasteiger partial charge in [0.15, 0.2) is 0 Å². The monoisotopic (exact) mass is 208 g/mol. The fraction of sp³-hybridized carbons (Fsp3) is 1.00. The first-order valence-electron chi connectivity index (χ1n) is 4.49. The van der Waals surface area contributed by atoms with Crippen LogP contribution in [0.3, 0.4) is 0 Å². The summed E-state index contributed by atoms with van der Waals surface area (Å²) in [4.78, 5) is 0. The molecule has 1 aliphatic heterocycles. The van der Waals surface area contributed by atoms with E-state index in [0.717, 1.165) is 6.42 Å². The lowest BCUT2D eigenvalue weighted by Gasteiger charge is -2.28. The van der Waals surface area contributed by atoms with Gasteiger partial charge in [-0.3, -0.25) is 0 Å². The second-order valence-electron chi connectivity index (χ2n) is 3.16. The number of nitrogens with zero attached hydrogens (tertiary/aromatic N) is 1. The third-order valence-corrected chi connectivity index (χ3v) is 3.69. The third-order valence-electron chi connectivity index (χ3n) is 2.03. The number of rotatable bonds is 3. The Labute approximate surface area is 78.9 Å². The highest BCUT2D eigenvalue weighted by molar-refractivity contribution is 7.87. The van der Waals surface area contributed by atoms with Crippen LogP contribution in [0.4, 0.5) is 0 Å². The molecule has 2 N–H and O–H groups in total. The van der Waals surface area contributed by atoms with E-state index in [2.05, 4.69) is 4.72 Å². The maximum atomic E-state index is 11.4. The molecule has 6 heteroatoms. The normalized spacial score (nSPS) is 26.2. The van der Waals surface area contributed by atoms with Gasteiger partial charge in [-0.15, -0.1) is 0 Å². The van der Waals surface area contributed by atoms with Gasteiger partial charge in [-0.25, -0.2) is 4.72 Å². The van der Waals surface area contributed by atoms with Crippen LogP contribution in [-0.2, 0) is 10.2 Å². The summed E-state index contributed by atoms with van der Waals surface area (Å²) in [6.07, 6.45) is 0.909. The van der Waals surface area contributed by atoms with Gasteiger partial charge in [-0.1, -0.05) is 6.92 Å². The topological polar surface area (TPSA) is 69.6 Å². The van der Waals surface area contributed by atoms with Crippen LogP contribution in [0.15, 0.2) is 0 Å². The van der Waals surface area contributed by atoms with Crippen molar-refractivity contribution < 1.29 is 13.5 Å². The number of piperidine rings is 1. The standard InChI is InChI=1S/C7H16N2O3S/c1-2-8-13(11,12)9-5-3-4-7(10)6-9/h7-8,10H,2-6H2,1H3/t7-/m0/s1. The van der Waals surface area contributed by atoms with Crippen molar-refractivity contribution in [3.05, 3.63) is 0 Å². The summed E-state index contributed by atoms with van der Waals surface area (Å²) in [5.41, 5.74) is 0. The lowest BCUT2D eigenvalue weighted by Crippen LogP contribution is -2.47. The largest absolute Gasteiger partial charge is 0.392 e. The minimum Gasteiger partial charge on any atom is -0.392 e. The quantitative estimate of drug-likeness (QED) is 0.644. The Morgan fingerprint density at radius 1 is 1.62 bits per heavy atom. The number of β-amino-alcohol motifs (C(OH)–C–C–N with tert-alkyl or cyclic N) is 1. The molecule has 78 valence electrons. The van der Waals surface area contributed by atoms with E-state index in [9.17, 15) is 13.5 Å². The zero-order valence-corrected chi connectivity index (χ0v) is 8.55. The number of aliphatic hydroxyl groups is 1. The van der Waals surface area contributed by atoms with Crippen molar-refractivity contribution in [1.29, 1.82) is 0 Å². The van der Waals surface area contributed by atoms with Gasteiger partial charge in [0.1, 0.15) is 0 Å². The first-order valence-corrected chi connectivity index (χ1v) is 5.93. The average Bonchev–Trinajstić information content (AvgIpc) is 2.04. The summed E-state index contributed by atoms with van der Waals surface area (Å²) in [5.74, 6) is 0. The van der Waals surface area contributed by atoms with Gasteiger partial charge in [0.2, 0.25) is 0 Å². The van der Waals surface area contributed by atoms with Crippen molar-refractivity contribution in [2.24, 2.45) is 0 Å². The highest BCUT2D eigenvalue weighted by Gasteiger charge is 2.26. The first kappa shape index (κ1) is 10.9. The zero-order chi connectivity index (χ0) is 9.90. The molecular formula is C7H16N2O3S. The van der Waals surface area contributed by atoms with E-state index < -0.39 is 16.3 Å². The summed E-state index contributed by atoms with van der Waals surface area (Å²) in [5, 5.41) is 9.28. The van der Waals surface area contributed by atoms with Gasteiger partial charge in [0, 0.05) is 19.6 Å². The Morgan fingerprint density at radius 3 is 2.85 bits per heavy atom. The molecule has 0 aromatic heterocycles. The van der Waals surface area contributed by atoms with E-state index in [0.29, 0.717) is 19.5 Å². The van der Waals surface area contributed by atoms with E-state index >= 15 is 0 Å². The molecule has 1 aliphatic rings. The van der Waals surface area contributed by atoms with Crippen LogP contribution in [0.1, 0.15) is 19.8 Å². The SMILES string of the molecule is CCNS(=O)(=O)N1CCC[C@H](O)C1. The van der Waals surface area contributed by atoms with E-state index in [1.54, 1.807) is 6.92 Å². The number of nitrogens with one attached hydrogen (secondary N) is 1. The van der Waals surface area contributed by atoms with E-state index in [-0.39, 0.29) is 6.54 Å². The maximum absolute atomic E-state index is 11.4. The van der Waals surface area contributed by atoms with Crippen molar-refractivity contribution in [2.45, 2.75) is 25.9 Å². The molecule has 1 saturated heterocycles. The molecule has 13 heavy (non-hydrogen) atoms. The Bertz CT molecular complexity index is 252. The van der Waals surface area contributed by atoms with E-state index in [4.69, 9.17) is 0 Å². The molecule has 1 heterocycles. The molecule has 0 spiro atoms. The second-order valence-corrected chi connectivity index (χ2v) is 4.91. The molecule has 0 amide bonds. The zero-order valence-electron chi connectivity index (χ0n) is 7.73. The lowest BCUT2D eigenvalue weighted by molar-refractivity contribution is 0.107. The van der Waals surface area contributed by atoms with Gasteiger partial charge in [0.05, 0.1) is 6.10 Å². The van der Waals surface area contributed by atoms with Crippen LogP contribution in [0.5, 0.6) is 0 Å². The summed E-state index contributed by atoms with van der Waals surface area (Å²) in [6, 6.07) is 0. The molecule has 1 fully saturated rings. The Hall–Kier alpha value is -0.170. The van der Waals surface area contributed by atoms with Crippen LogP contribution < -0.4 is 4.72 Å². The predicted octanol–water partition coefficient (Wildman–Crippen LogP) is -0.703. The Balaban J connectivity index is 2.60. The number of hydrogen-bond donors (Lipinski definition) is 2. The van der Waals surface area contributed by atoms with Crippen molar-refractivity contribution in [1.82, 2.24) is 9.03 Å². The van der Waals surface area contributed by atoms with Crippen LogP contribution in [0.25, 0.3) is 0 Å². The molecule has 5 nitrogen and oxygen atoms in total. The lowest BCUT2D eigenvalue weighted by atomic mass is 10.1. The Morgan fingerprint density at radius 2 is 2.31 bits per heavy atom. The Kier molecular flexibility index (Phi) is 3.66. The maximum Gasteiger partial charge on any atom is 0.279 e. The molecule has 0 saturated carbocycles. The second kappa shape index (κ2) is 4.36. The molecule has 1 rings (SSSR count). The van der Waals surface area contributed by atoms with Gasteiger partial charge in [-0.05, 0) is 12.8 Å². The molecule has 1 atom stereocenters. The van der Waals surface area contributed by atoms with Crippen molar-refractivity contribution in [3.8, 4) is 0 Å². The third kappa shape index (κ3) is 2.91. The predicted molar refractivity (Wildman–Crippen MR) is 49.4 cm³/mol. The minimum absolute atomic E-state index is 0.218. The van der Waals surface area contributed by atoms with Crippen molar-refractivity contribution in [2.75, 3.05) is 19.6 Å². The van der Waals surface area contributed by atoms with Gasteiger partial charge >= 0.3 is 0 Å². The summed E-state index contributed by atoms with van der Waals surface area (Å²) < 4.78 is 26.6. The molecule has 0 aliphatic carbocycles. The summed E-state index contributed by atoms with van der Waals surface area (Å²) >= 11 is 0. The summed E-state index contributed by atoms with van der Waals surface area (Å²) in [6.45, 7) is 2.84. The van der Waals surface area contributed by atoms with Crippen molar-refractivity contribution in [3.63, 3.8) is 0 Å². The fourth-order valence-corrected chi connectivity index (χ4v) is 2.70. The molecule has 0 unspecified atom stereocenters. The fourth-order valence-electron chi connectivity index (χ4n) is 1.41. The summed E-state index contributed by atoms with van der Waals surface area (Å²) in [7, 11) is -3.34. The van der Waals surface area contributed by atoms with Crippen LogP contribution >= 0.6 is 0 Å². The van der Waals surface area contributed by atoms with Crippen LogP contribution in [0.2, 0.25) is 0 Å². The molecular weight excluding hydrogens is 192 g/mol. The number of aliphatic hydroxyl groups excluding tert-OH is 1. The van der Waals surface area contributed by atoms with E-state index in [1.165, 1.54) is 4.31 Å². The highest BCUT2D eigenvalue weighted by Crippen LogP contribution is 2.12. The molecule has 0 bridgehead atoms.